The van der Waals surface area contributed by atoms with Gasteiger partial charge in [-0.05, 0) is 50.6 Å². The molecule has 3 heterocycles. The highest BCUT2D eigenvalue weighted by Crippen LogP contribution is 2.30. The highest BCUT2D eigenvalue weighted by atomic mass is 16.4. The molecule has 0 amide bonds. The van der Waals surface area contributed by atoms with E-state index in [1.807, 2.05) is 43.3 Å². The summed E-state index contributed by atoms with van der Waals surface area (Å²) >= 11 is 0. The van der Waals surface area contributed by atoms with Crippen molar-refractivity contribution in [3.63, 3.8) is 0 Å². The molecule has 5 heteroatoms. The first-order valence-corrected chi connectivity index (χ1v) is 8.47. The molecule has 0 bridgehead atoms. The van der Waals surface area contributed by atoms with Crippen LogP contribution in [0.3, 0.4) is 0 Å². The number of hydrogen-bond acceptors (Lipinski definition) is 4. The van der Waals surface area contributed by atoms with Crippen LogP contribution in [-0.4, -0.2) is 38.5 Å². The molecule has 2 aromatic rings. The van der Waals surface area contributed by atoms with Crippen LogP contribution >= 0.6 is 0 Å². The molecular formula is C19H23N3O2. The third-order valence-electron chi connectivity index (χ3n) is 4.61. The third-order valence-corrected chi connectivity index (χ3v) is 4.61. The molecule has 2 atom stereocenters. The number of pyridine rings is 2. The molecule has 1 aliphatic rings. The zero-order valence-corrected chi connectivity index (χ0v) is 13.9. The molecule has 24 heavy (non-hydrogen) atoms. The lowest BCUT2D eigenvalue weighted by Gasteiger charge is -2.38. The van der Waals surface area contributed by atoms with Crippen molar-refractivity contribution in [3.8, 4) is 0 Å². The van der Waals surface area contributed by atoms with Crippen molar-refractivity contribution < 1.29 is 9.90 Å². The van der Waals surface area contributed by atoms with Crippen molar-refractivity contribution in [2.45, 2.75) is 44.7 Å². The number of likely N-dealkylation sites (tertiary alicyclic amines) is 1. The van der Waals surface area contributed by atoms with Gasteiger partial charge in [0.1, 0.15) is 6.04 Å². The number of nitrogens with zero attached hydrogens (tertiary/aromatic N) is 3. The molecule has 1 fully saturated rings. The monoisotopic (exact) mass is 325 g/mol. The Morgan fingerprint density at radius 1 is 1.29 bits per heavy atom. The third kappa shape index (κ3) is 3.79. The highest BCUT2D eigenvalue weighted by Gasteiger charge is 2.35. The zero-order valence-electron chi connectivity index (χ0n) is 13.9. The lowest BCUT2D eigenvalue weighted by molar-refractivity contribution is -0.146. The lowest BCUT2D eigenvalue weighted by Crippen LogP contribution is -2.47. The van der Waals surface area contributed by atoms with Gasteiger partial charge >= 0.3 is 5.97 Å². The van der Waals surface area contributed by atoms with E-state index in [0.29, 0.717) is 12.8 Å². The van der Waals surface area contributed by atoms with Crippen molar-refractivity contribution in [2.24, 2.45) is 0 Å². The maximum absolute atomic E-state index is 11.7. The topological polar surface area (TPSA) is 66.3 Å². The van der Waals surface area contributed by atoms with Gasteiger partial charge < -0.3 is 5.11 Å². The molecule has 2 unspecified atom stereocenters. The van der Waals surface area contributed by atoms with E-state index in [0.717, 1.165) is 36.5 Å². The molecule has 3 rings (SSSR count). The first-order chi connectivity index (χ1) is 11.6. The van der Waals surface area contributed by atoms with E-state index in [4.69, 9.17) is 0 Å². The highest BCUT2D eigenvalue weighted by molar-refractivity contribution is 5.73. The quantitative estimate of drug-likeness (QED) is 0.915. The normalized spacial score (nSPS) is 19.8. The number of aromatic nitrogens is 2. The minimum absolute atomic E-state index is 0.0683. The minimum atomic E-state index is -0.742. The van der Waals surface area contributed by atoms with Gasteiger partial charge in [-0.3, -0.25) is 19.7 Å². The smallest absolute Gasteiger partial charge is 0.320 e. The van der Waals surface area contributed by atoms with Crippen LogP contribution in [0.2, 0.25) is 0 Å². The number of carboxylic acids is 1. The van der Waals surface area contributed by atoms with Gasteiger partial charge in [0.15, 0.2) is 0 Å². The fourth-order valence-electron chi connectivity index (χ4n) is 3.45. The number of aryl methyl sites for hydroxylation is 1. The minimum Gasteiger partial charge on any atom is -0.480 e. The second-order valence-corrected chi connectivity index (χ2v) is 6.33. The molecule has 1 aliphatic heterocycles. The molecule has 0 aromatic carbocycles. The van der Waals surface area contributed by atoms with E-state index >= 15 is 0 Å². The van der Waals surface area contributed by atoms with Gasteiger partial charge in [0.05, 0.1) is 11.7 Å². The summed E-state index contributed by atoms with van der Waals surface area (Å²) < 4.78 is 0. The summed E-state index contributed by atoms with van der Waals surface area (Å²) in [5.74, 6) is -0.742. The van der Waals surface area contributed by atoms with Crippen molar-refractivity contribution in [2.75, 3.05) is 6.54 Å². The summed E-state index contributed by atoms with van der Waals surface area (Å²) in [6.07, 6.45) is 5.13. The van der Waals surface area contributed by atoms with Crippen molar-refractivity contribution in [1.82, 2.24) is 14.9 Å². The van der Waals surface area contributed by atoms with Crippen LogP contribution in [0.1, 0.15) is 42.4 Å². The predicted octanol–water partition coefficient (Wildman–Crippen LogP) is 3.01. The number of aliphatic carboxylic acids is 1. The zero-order chi connectivity index (χ0) is 16.9. The summed E-state index contributed by atoms with van der Waals surface area (Å²) in [6.45, 7) is 2.75. The largest absolute Gasteiger partial charge is 0.480 e. The van der Waals surface area contributed by atoms with Gasteiger partial charge in [0.25, 0.3) is 0 Å². The Bertz CT molecular complexity index is 690. The van der Waals surface area contributed by atoms with E-state index in [9.17, 15) is 9.90 Å². The van der Waals surface area contributed by atoms with Gasteiger partial charge in [-0.1, -0.05) is 18.6 Å². The average molecular weight is 325 g/mol. The molecule has 1 saturated heterocycles. The average Bonchev–Trinajstić information content (AvgIpc) is 2.60. The van der Waals surface area contributed by atoms with Gasteiger partial charge in [-0.2, -0.15) is 0 Å². The van der Waals surface area contributed by atoms with E-state index in [1.165, 1.54) is 0 Å². The van der Waals surface area contributed by atoms with E-state index < -0.39 is 12.0 Å². The van der Waals surface area contributed by atoms with Crippen LogP contribution in [0.15, 0.2) is 42.6 Å². The number of rotatable bonds is 5. The second kappa shape index (κ2) is 7.53. The Kier molecular flexibility index (Phi) is 5.20. The lowest BCUT2D eigenvalue weighted by atomic mass is 9.95. The molecule has 2 aromatic heterocycles. The Morgan fingerprint density at radius 3 is 2.88 bits per heavy atom. The van der Waals surface area contributed by atoms with Gasteiger partial charge in [0.2, 0.25) is 0 Å². The van der Waals surface area contributed by atoms with Crippen LogP contribution in [0.5, 0.6) is 0 Å². The van der Waals surface area contributed by atoms with Crippen LogP contribution in [-0.2, 0) is 11.2 Å². The van der Waals surface area contributed by atoms with E-state index in [-0.39, 0.29) is 6.04 Å². The summed E-state index contributed by atoms with van der Waals surface area (Å²) in [5, 5.41) is 9.65. The van der Waals surface area contributed by atoms with E-state index in [2.05, 4.69) is 14.9 Å². The van der Waals surface area contributed by atoms with Crippen LogP contribution in [0.25, 0.3) is 0 Å². The summed E-state index contributed by atoms with van der Waals surface area (Å²) in [4.78, 5) is 22.9. The fraction of sp³-hybridized carbons (Fsp3) is 0.421. The first-order valence-electron chi connectivity index (χ1n) is 8.47. The number of carbonyl (C=O) groups is 1. The molecule has 5 nitrogen and oxygen atoms in total. The molecule has 0 saturated carbocycles. The Hall–Kier alpha value is -2.27. The maximum atomic E-state index is 11.7. The predicted molar refractivity (Wildman–Crippen MR) is 91.6 cm³/mol. The van der Waals surface area contributed by atoms with E-state index in [1.54, 1.807) is 6.20 Å². The molecular weight excluding hydrogens is 302 g/mol. The maximum Gasteiger partial charge on any atom is 0.320 e. The Morgan fingerprint density at radius 2 is 2.17 bits per heavy atom. The molecule has 0 aliphatic carbocycles. The number of hydrogen-bond donors (Lipinski definition) is 1. The Labute approximate surface area is 142 Å². The number of carboxylic acid groups (broad SMARTS) is 1. The molecule has 0 spiro atoms. The summed E-state index contributed by atoms with van der Waals surface area (Å²) in [5.41, 5.74) is 2.83. The molecule has 1 N–H and O–H groups in total. The second-order valence-electron chi connectivity index (χ2n) is 6.33. The fourth-order valence-corrected chi connectivity index (χ4v) is 3.45. The van der Waals surface area contributed by atoms with Crippen LogP contribution in [0, 0.1) is 6.92 Å². The standard InChI is InChI=1S/C19H23N3O2/c1-14-7-6-9-16(21-14)18(13-15-8-2-4-11-20-15)22-12-5-3-10-17(22)19(23)24/h2,4,6-9,11,17-18H,3,5,10,12-13H2,1H3,(H,23,24). The number of piperidine rings is 1. The van der Waals surface area contributed by atoms with Gasteiger partial charge in [-0.25, -0.2) is 0 Å². The van der Waals surface area contributed by atoms with Crippen LogP contribution in [0.4, 0.5) is 0 Å². The molecule has 0 radical (unpaired) electrons. The summed E-state index contributed by atoms with van der Waals surface area (Å²) in [7, 11) is 0. The van der Waals surface area contributed by atoms with Crippen molar-refractivity contribution in [3.05, 3.63) is 59.7 Å². The van der Waals surface area contributed by atoms with Gasteiger partial charge in [-0.15, -0.1) is 0 Å². The first kappa shape index (κ1) is 16.6. The molecule has 126 valence electrons. The SMILES string of the molecule is Cc1cccc(C(Cc2ccccn2)N2CCCCC2C(=O)O)n1. The van der Waals surface area contributed by atoms with Gasteiger partial charge in [0, 0.05) is 24.0 Å². The Balaban J connectivity index is 1.95. The van der Waals surface area contributed by atoms with Crippen molar-refractivity contribution in [1.29, 1.82) is 0 Å². The van der Waals surface area contributed by atoms with Crippen LogP contribution < -0.4 is 0 Å². The summed E-state index contributed by atoms with van der Waals surface area (Å²) in [6, 6.07) is 11.3. The van der Waals surface area contributed by atoms with Crippen molar-refractivity contribution >= 4 is 5.97 Å².